The van der Waals surface area contributed by atoms with Gasteiger partial charge in [0, 0.05) is 6.42 Å². The van der Waals surface area contributed by atoms with Gasteiger partial charge in [-0.2, -0.15) is 0 Å². The van der Waals surface area contributed by atoms with Gasteiger partial charge in [0.25, 0.3) is 0 Å². The molecule has 4 atom stereocenters. The topological polar surface area (TPSA) is 235 Å². The SMILES string of the molecule is CCCCCC[C@H](NC(=O)[C@H](CC(C)C)NC(=O)[C@H](Cc1ccccc1)NC(=O)CNC(=O)CNC(=O)[C@@H](N)Cc1ccc(O)cc1)C(N)=O. The maximum absolute atomic E-state index is 13.6. The minimum atomic E-state index is -1.11. The predicted octanol–water partition coefficient (Wildman–Crippen LogP) is 0.693. The number of unbranched alkanes of at least 4 members (excludes halogenated alkanes) is 3. The highest BCUT2D eigenvalue weighted by Crippen LogP contribution is 2.12. The van der Waals surface area contributed by atoms with Crippen molar-refractivity contribution >= 4 is 35.4 Å². The fraction of sp³-hybridized carbons (Fsp3) is 0.500. The van der Waals surface area contributed by atoms with Gasteiger partial charge < -0.3 is 43.2 Å². The van der Waals surface area contributed by atoms with Crippen LogP contribution in [0.4, 0.5) is 0 Å². The Morgan fingerprint density at radius 2 is 1.28 bits per heavy atom. The number of carbonyl (C=O) groups is 6. The molecule has 0 aliphatic heterocycles. The molecule has 0 saturated carbocycles. The molecule has 274 valence electrons. The molecular formula is C36H53N7O7. The van der Waals surface area contributed by atoms with E-state index in [9.17, 15) is 33.9 Å². The van der Waals surface area contributed by atoms with Gasteiger partial charge >= 0.3 is 0 Å². The van der Waals surface area contributed by atoms with E-state index in [4.69, 9.17) is 11.5 Å². The Kier molecular flexibility index (Phi) is 18.0. The first-order chi connectivity index (χ1) is 23.8. The van der Waals surface area contributed by atoms with Gasteiger partial charge in [0.2, 0.25) is 35.4 Å². The fourth-order valence-corrected chi connectivity index (χ4v) is 5.13. The average Bonchev–Trinajstić information content (AvgIpc) is 3.07. The first-order valence-corrected chi connectivity index (χ1v) is 17.1. The Bertz CT molecular complexity index is 1400. The molecule has 0 aliphatic rings. The second-order valence-electron chi connectivity index (χ2n) is 12.8. The van der Waals surface area contributed by atoms with Gasteiger partial charge in [-0.1, -0.05) is 88.9 Å². The van der Waals surface area contributed by atoms with Gasteiger partial charge in [0.05, 0.1) is 19.1 Å². The molecule has 0 heterocycles. The number of amides is 6. The number of phenols is 1. The molecule has 0 saturated heterocycles. The summed E-state index contributed by atoms with van der Waals surface area (Å²) in [5.74, 6) is -3.63. The first-order valence-electron chi connectivity index (χ1n) is 17.1. The van der Waals surface area contributed by atoms with Crippen LogP contribution in [0.25, 0.3) is 0 Å². The molecule has 0 fully saturated rings. The third-order valence-electron chi connectivity index (χ3n) is 7.88. The highest BCUT2D eigenvalue weighted by molar-refractivity contribution is 5.95. The summed E-state index contributed by atoms with van der Waals surface area (Å²) in [5.41, 5.74) is 13.0. The molecule has 0 bridgehead atoms. The maximum Gasteiger partial charge on any atom is 0.243 e. The lowest BCUT2D eigenvalue weighted by Crippen LogP contribution is -2.57. The highest BCUT2D eigenvalue weighted by atomic mass is 16.3. The number of nitrogens with one attached hydrogen (secondary N) is 5. The van der Waals surface area contributed by atoms with Crippen LogP contribution in [0.3, 0.4) is 0 Å². The zero-order valence-corrected chi connectivity index (χ0v) is 29.2. The molecule has 2 rings (SSSR count). The Morgan fingerprint density at radius 3 is 1.90 bits per heavy atom. The van der Waals surface area contributed by atoms with Crippen molar-refractivity contribution < 1.29 is 33.9 Å². The van der Waals surface area contributed by atoms with E-state index in [0.29, 0.717) is 12.8 Å². The van der Waals surface area contributed by atoms with E-state index in [2.05, 4.69) is 33.5 Å². The van der Waals surface area contributed by atoms with Crippen LogP contribution >= 0.6 is 0 Å². The lowest BCUT2D eigenvalue weighted by Gasteiger charge is -2.26. The van der Waals surface area contributed by atoms with E-state index in [1.54, 1.807) is 36.4 Å². The van der Waals surface area contributed by atoms with E-state index < -0.39 is 72.7 Å². The summed E-state index contributed by atoms with van der Waals surface area (Å²) in [5, 5.41) is 22.3. The second-order valence-corrected chi connectivity index (χ2v) is 12.8. The van der Waals surface area contributed by atoms with E-state index >= 15 is 0 Å². The lowest BCUT2D eigenvalue weighted by molar-refractivity contribution is -0.133. The van der Waals surface area contributed by atoms with Gasteiger partial charge in [0.1, 0.15) is 23.9 Å². The van der Waals surface area contributed by atoms with Crippen molar-refractivity contribution in [3.05, 3.63) is 65.7 Å². The number of carbonyl (C=O) groups excluding carboxylic acids is 6. The number of nitrogens with two attached hydrogens (primary N) is 2. The Balaban J connectivity index is 2.01. The third-order valence-corrected chi connectivity index (χ3v) is 7.88. The fourth-order valence-electron chi connectivity index (χ4n) is 5.13. The molecule has 14 heteroatoms. The van der Waals surface area contributed by atoms with Crippen molar-refractivity contribution in [2.24, 2.45) is 17.4 Å². The summed E-state index contributed by atoms with van der Waals surface area (Å²) in [6, 6.07) is 11.3. The van der Waals surface area contributed by atoms with Gasteiger partial charge in [-0.05, 0) is 48.4 Å². The second kappa shape index (κ2) is 21.9. The molecule has 2 aromatic carbocycles. The van der Waals surface area contributed by atoms with Crippen molar-refractivity contribution in [2.75, 3.05) is 13.1 Å². The number of benzene rings is 2. The molecule has 0 aromatic heterocycles. The predicted molar refractivity (Wildman–Crippen MR) is 189 cm³/mol. The normalized spacial score (nSPS) is 13.3. The van der Waals surface area contributed by atoms with Crippen molar-refractivity contribution in [2.45, 2.75) is 96.3 Å². The van der Waals surface area contributed by atoms with E-state index in [-0.39, 0.29) is 30.9 Å². The molecular weight excluding hydrogens is 642 g/mol. The van der Waals surface area contributed by atoms with Crippen LogP contribution in [-0.2, 0) is 41.6 Å². The number of primary amides is 1. The Labute approximate surface area is 293 Å². The Morgan fingerprint density at radius 1 is 0.680 bits per heavy atom. The zero-order chi connectivity index (χ0) is 37.1. The lowest BCUT2D eigenvalue weighted by atomic mass is 10.00. The molecule has 50 heavy (non-hydrogen) atoms. The molecule has 14 nitrogen and oxygen atoms in total. The van der Waals surface area contributed by atoms with Crippen LogP contribution in [0.5, 0.6) is 5.75 Å². The Hall–Kier alpha value is -4.98. The van der Waals surface area contributed by atoms with E-state index in [1.807, 2.05) is 19.9 Å². The number of phenolic OH excluding ortho intramolecular Hbond substituents is 1. The monoisotopic (exact) mass is 695 g/mol. The number of hydrogen-bond acceptors (Lipinski definition) is 8. The minimum Gasteiger partial charge on any atom is -0.508 e. The van der Waals surface area contributed by atoms with Crippen molar-refractivity contribution in [3.8, 4) is 5.75 Å². The largest absolute Gasteiger partial charge is 0.508 e. The van der Waals surface area contributed by atoms with Gasteiger partial charge in [-0.3, -0.25) is 28.8 Å². The van der Waals surface area contributed by atoms with Gasteiger partial charge in [-0.15, -0.1) is 0 Å². The summed E-state index contributed by atoms with van der Waals surface area (Å²) in [7, 11) is 0. The number of hydrogen-bond donors (Lipinski definition) is 8. The molecule has 0 aliphatic carbocycles. The van der Waals surface area contributed by atoms with E-state index in [0.717, 1.165) is 30.4 Å². The summed E-state index contributed by atoms with van der Waals surface area (Å²) < 4.78 is 0. The molecule has 2 aromatic rings. The molecule has 6 amide bonds. The molecule has 0 unspecified atom stereocenters. The summed E-state index contributed by atoms with van der Waals surface area (Å²) in [6.07, 6.45) is 4.56. The quantitative estimate of drug-likeness (QED) is 0.0815. The third kappa shape index (κ3) is 15.9. The smallest absolute Gasteiger partial charge is 0.243 e. The first kappa shape index (κ1) is 41.2. The molecule has 10 N–H and O–H groups in total. The summed E-state index contributed by atoms with van der Waals surface area (Å²) in [4.78, 5) is 76.8. The van der Waals surface area contributed by atoms with Crippen LogP contribution in [0.1, 0.15) is 70.4 Å². The number of rotatable bonds is 22. The van der Waals surface area contributed by atoms with Crippen molar-refractivity contribution in [1.82, 2.24) is 26.6 Å². The van der Waals surface area contributed by atoms with Crippen molar-refractivity contribution in [1.29, 1.82) is 0 Å². The van der Waals surface area contributed by atoms with Crippen LogP contribution in [0.2, 0.25) is 0 Å². The summed E-state index contributed by atoms with van der Waals surface area (Å²) in [6.45, 7) is 4.93. The van der Waals surface area contributed by atoms with Crippen LogP contribution in [-0.4, -0.2) is 77.8 Å². The van der Waals surface area contributed by atoms with Gasteiger partial charge in [-0.25, -0.2) is 0 Å². The van der Waals surface area contributed by atoms with Crippen LogP contribution in [0.15, 0.2) is 54.6 Å². The standard InChI is InChI=1S/C36H53N7O7/c1-4-5-6-10-13-28(33(38)47)42-35(49)29(18-23(2)3)43-36(50)30(20-24-11-8-7-9-12-24)41-32(46)22-39-31(45)21-40-34(48)27(37)19-25-14-16-26(44)17-15-25/h7-9,11-12,14-17,23,27-30,44H,4-6,10,13,18-22,37H2,1-3H3,(H2,38,47)(H,39,45)(H,40,48)(H,41,46)(H,42,49)(H,43,50)/t27-,28-,29-,30-/m0/s1. The van der Waals surface area contributed by atoms with Crippen LogP contribution < -0.4 is 38.1 Å². The molecule has 0 radical (unpaired) electrons. The van der Waals surface area contributed by atoms with Gasteiger partial charge in [0.15, 0.2) is 0 Å². The molecule has 0 spiro atoms. The zero-order valence-electron chi connectivity index (χ0n) is 29.2. The highest BCUT2D eigenvalue weighted by Gasteiger charge is 2.30. The average molecular weight is 696 g/mol. The van der Waals surface area contributed by atoms with E-state index in [1.165, 1.54) is 12.1 Å². The van der Waals surface area contributed by atoms with Crippen LogP contribution in [0, 0.1) is 5.92 Å². The summed E-state index contributed by atoms with van der Waals surface area (Å²) >= 11 is 0. The maximum atomic E-state index is 13.6. The van der Waals surface area contributed by atoms with Crippen molar-refractivity contribution in [3.63, 3.8) is 0 Å². The number of aromatic hydroxyl groups is 1. The minimum absolute atomic E-state index is 0.00265.